The van der Waals surface area contributed by atoms with E-state index in [2.05, 4.69) is 31.2 Å². The Balaban J connectivity index is 1.93. The number of aliphatic hydroxyl groups excluding tert-OH is 1. The van der Waals surface area contributed by atoms with Crippen LogP contribution in [0.15, 0.2) is 30.3 Å². The summed E-state index contributed by atoms with van der Waals surface area (Å²) >= 11 is 0. The minimum Gasteiger partial charge on any atom is -0.392 e. The molecule has 4 unspecified atom stereocenters. The van der Waals surface area contributed by atoms with Crippen molar-refractivity contribution >= 4 is 0 Å². The van der Waals surface area contributed by atoms with Crippen LogP contribution >= 0.6 is 0 Å². The Morgan fingerprint density at radius 3 is 2.65 bits per heavy atom. The second-order valence-corrected chi connectivity index (χ2v) is 5.19. The van der Waals surface area contributed by atoms with Gasteiger partial charge in [0.2, 0.25) is 0 Å². The molecule has 1 aliphatic carbocycles. The first-order valence-corrected chi connectivity index (χ1v) is 6.71. The van der Waals surface area contributed by atoms with Gasteiger partial charge in [-0.2, -0.15) is 0 Å². The molecular weight excluding hydrogens is 210 g/mol. The second kappa shape index (κ2) is 5.65. The molecule has 2 heteroatoms. The fraction of sp³-hybridized carbons (Fsp3) is 0.600. The molecule has 94 valence electrons. The number of aliphatic hydroxyl groups is 1. The summed E-state index contributed by atoms with van der Waals surface area (Å²) in [6, 6.07) is 10.5. The average molecular weight is 233 g/mol. The van der Waals surface area contributed by atoms with Gasteiger partial charge in [0.25, 0.3) is 0 Å². The Morgan fingerprint density at radius 1 is 1.35 bits per heavy atom. The zero-order chi connectivity index (χ0) is 12.3. The molecule has 1 aliphatic rings. The van der Waals surface area contributed by atoms with Crippen molar-refractivity contribution in [2.24, 2.45) is 17.6 Å². The lowest BCUT2D eigenvalue weighted by molar-refractivity contribution is 0.0833. The Labute approximate surface area is 104 Å². The topological polar surface area (TPSA) is 46.2 Å². The van der Waals surface area contributed by atoms with Gasteiger partial charge in [-0.3, -0.25) is 0 Å². The molecule has 0 amide bonds. The molecule has 1 aromatic carbocycles. The van der Waals surface area contributed by atoms with Gasteiger partial charge in [0.15, 0.2) is 0 Å². The molecule has 2 rings (SSSR count). The van der Waals surface area contributed by atoms with Gasteiger partial charge in [-0.1, -0.05) is 43.7 Å². The summed E-state index contributed by atoms with van der Waals surface area (Å²) in [6.07, 6.45) is 3.04. The normalized spacial score (nSPS) is 26.5. The van der Waals surface area contributed by atoms with E-state index in [1.165, 1.54) is 5.56 Å². The van der Waals surface area contributed by atoms with Gasteiger partial charge in [-0.05, 0) is 42.7 Å². The Hall–Kier alpha value is -0.860. The van der Waals surface area contributed by atoms with E-state index in [0.29, 0.717) is 18.4 Å². The highest BCUT2D eigenvalue weighted by atomic mass is 16.3. The maximum Gasteiger partial charge on any atom is 0.0614 e. The zero-order valence-corrected chi connectivity index (χ0v) is 10.5. The van der Waals surface area contributed by atoms with E-state index in [1.807, 2.05) is 6.07 Å². The molecule has 4 atom stereocenters. The highest BCUT2D eigenvalue weighted by Crippen LogP contribution is 2.51. The highest BCUT2D eigenvalue weighted by molar-refractivity contribution is 5.26. The van der Waals surface area contributed by atoms with Crippen LogP contribution in [0.4, 0.5) is 0 Å². The summed E-state index contributed by atoms with van der Waals surface area (Å²) in [6.45, 7) is 2.75. The van der Waals surface area contributed by atoms with Crippen LogP contribution in [0.5, 0.6) is 0 Å². The molecule has 0 radical (unpaired) electrons. The third-order valence-corrected chi connectivity index (χ3v) is 3.95. The fourth-order valence-corrected chi connectivity index (χ4v) is 2.82. The fourth-order valence-electron chi connectivity index (χ4n) is 2.82. The summed E-state index contributed by atoms with van der Waals surface area (Å²) in [5, 5.41) is 10.3. The third-order valence-electron chi connectivity index (χ3n) is 3.95. The molecule has 1 saturated carbocycles. The predicted octanol–water partition coefficient (Wildman–Crippen LogP) is 2.53. The average Bonchev–Trinajstić information content (AvgIpc) is 3.16. The third kappa shape index (κ3) is 2.88. The van der Waals surface area contributed by atoms with Crippen molar-refractivity contribution in [2.75, 3.05) is 6.54 Å². The molecule has 0 spiro atoms. The van der Waals surface area contributed by atoms with E-state index in [1.54, 1.807) is 0 Å². The van der Waals surface area contributed by atoms with Crippen molar-refractivity contribution in [1.29, 1.82) is 0 Å². The smallest absolute Gasteiger partial charge is 0.0614 e. The molecule has 1 aromatic rings. The maximum atomic E-state index is 10.3. The monoisotopic (exact) mass is 233 g/mol. The van der Waals surface area contributed by atoms with Gasteiger partial charge in [0.05, 0.1) is 6.10 Å². The molecule has 0 aromatic heterocycles. The standard InChI is InChI=1S/C15H23NO/c1-2-6-12(10-16)15(17)14-9-13(14)11-7-4-3-5-8-11/h3-5,7-8,12-15,17H,2,6,9-10,16H2,1H3. The van der Waals surface area contributed by atoms with Crippen molar-refractivity contribution in [1.82, 2.24) is 0 Å². The van der Waals surface area contributed by atoms with Crippen molar-refractivity contribution in [2.45, 2.75) is 38.2 Å². The molecule has 0 heterocycles. The summed E-state index contributed by atoms with van der Waals surface area (Å²) in [4.78, 5) is 0. The molecule has 0 bridgehead atoms. The molecular formula is C15H23NO. The Bertz CT molecular complexity index is 338. The van der Waals surface area contributed by atoms with Crippen LogP contribution in [0.2, 0.25) is 0 Å². The number of rotatable bonds is 6. The van der Waals surface area contributed by atoms with E-state index in [4.69, 9.17) is 5.73 Å². The lowest BCUT2D eigenvalue weighted by atomic mass is 9.92. The molecule has 3 N–H and O–H groups in total. The molecule has 2 nitrogen and oxygen atoms in total. The first-order valence-electron chi connectivity index (χ1n) is 6.71. The first kappa shape index (κ1) is 12.6. The maximum absolute atomic E-state index is 10.3. The molecule has 1 fully saturated rings. The lowest BCUT2D eigenvalue weighted by Crippen LogP contribution is -2.29. The summed E-state index contributed by atoms with van der Waals surface area (Å²) in [5.41, 5.74) is 7.11. The van der Waals surface area contributed by atoms with E-state index in [9.17, 15) is 5.11 Å². The number of hydrogen-bond donors (Lipinski definition) is 2. The Kier molecular flexibility index (Phi) is 4.19. The quantitative estimate of drug-likeness (QED) is 0.793. The molecule has 0 saturated heterocycles. The van der Waals surface area contributed by atoms with Gasteiger partial charge >= 0.3 is 0 Å². The van der Waals surface area contributed by atoms with Crippen LogP contribution in [0.3, 0.4) is 0 Å². The number of hydrogen-bond acceptors (Lipinski definition) is 2. The van der Waals surface area contributed by atoms with Gasteiger partial charge in [-0.15, -0.1) is 0 Å². The SMILES string of the molecule is CCCC(CN)C(O)C1CC1c1ccccc1. The second-order valence-electron chi connectivity index (χ2n) is 5.19. The van der Waals surface area contributed by atoms with Crippen LogP contribution in [-0.4, -0.2) is 17.8 Å². The largest absolute Gasteiger partial charge is 0.392 e. The van der Waals surface area contributed by atoms with Crippen LogP contribution < -0.4 is 5.73 Å². The van der Waals surface area contributed by atoms with Gasteiger partial charge in [0, 0.05) is 0 Å². The minimum absolute atomic E-state index is 0.217. The van der Waals surface area contributed by atoms with E-state index in [-0.39, 0.29) is 12.0 Å². The van der Waals surface area contributed by atoms with Crippen LogP contribution in [0.1, 0.15) is 37.7 Å². The van der Waals surface area contributed by atoms with Crippen molar-refractivity contribution < 1.29 is 5.11 Å². The van der Waals surface area contributed by atoms with Crippen molar-refractivity contribution in [3.63, 3.8) is 0 Å². The van der Waals surface area contributed by atoms with Gasteiger partial charge in [-0.25, -0.2) is 0 Å². The Morgan fingerprint density at radius 2 is 2.06 bits per heavy atom. The van der Waals surface area contributed by atoms with Crippen LogP contribution in [0, 0.1) is 11.8 Å². The number of nitrogens with two attached hydrogens (primary N) is 1. The van der Waals surface area contributed by atoms with E-state index in [0.717, 1.165) is 19.3 Å². The van der Waals surface area contributed by atoms with Crippen LogP contribution in [-0.2, 0) is 0 Å². The van der Waals surface area contributed by atoms with Gasteiger partial charge < -0.3 is 10.8 Å². The van der Waals surface area contributed by atoms with Gasteiger partial charge in [0.1, 0.15) is 0 Å². The first-order chi connectivity index (χ1) is 8.27. The predicted molar refractivity (Wildman–Crippen MR) is 70.7 cm³/mol. The zero-order valence-electron chi connectivity index (χ0n) is 10.5. The summed E-state index contributed by atoms with van der Waals surface area (Å²) < 4.78 is 0. The van der Waals surface area contributed by atoms with E-state index < -0.39 is 0 Å². The summed E-state index contributed by atoms with van der Waals surface area (Å²) in [5.74, 6) is 1.26. The van der Waals surface area contributed by atoms with Crippen molar-refractivity contribution in [3.8, 4) is 0 Å². The van der Waals surface area contributed by atoms with Crippen molar-refractivity contribution in [3.05, 3.63) is 35.9 Å². The number of benzene rings is 1. The highest BCUT2D eigenvalue weighted by Gasteiger charge is 2.45. The van der Waals surface area contributed by atoms with E-state index >= 15 is 0 Å². The molecule has 0 aliphatic heterocycles. The molecule has 17 heavy (non-hydrogen) atoms. The van der Waals surface area contributed by atoms with Crippen LogP contribution in [0.25, 0.3) is 0 Å². The minimum atomic E-state index is -0.217. The lowest BCUT2D eigenvalue weighted by Gasteiger charge is -2.21. The summed E-state index contributed by atoms with van der Waals surface area (Å²) in [7, 11) is 0.